The van der Waals surface area contributed by atoms with Gasteiger partial charge in [-0.25, -0.2) is 4.98 Å². The number of imidazole rings is 1. The topological polar surface area (TPSA) is 50.3 Å². The fourth-order valence-corrected chi connectivity index (χ4v) is 2.03. The molecule has 4 heteroatoms. The van der Waals surface area contributed by atoms with Crippen LogP contribution in [0.15, 0.2) is 48.8 Å². The van der Waals surface area contributed by atoms with Crippen molar-refractivity contribution >= 4 is 5.65 Å². The number of aromatic nitrogens is 2. The lowest BCUT2D eigenvalue weighted by Gasteiger charge is -1.99. The smallest absolute Gasteiger partial charge is 0.180 e. The molecule has 0 radical (unpaired) electrons. The summed E-state index contributed by atoms with van der Waals surface area (Å²) in [4.78, 5) is 4.56. The van der Waals surface area contributed by atoms with Gasteiger partial charge in [0.15, 0.2) is 11.4 Å². The highest BCUT2D eigenvalue weighted by atomic mass is 16.5. The minimum Gasteiger partial charge on any atom is -0.493 e. The third-order valence-corrected chi connectivity index (χ3v) is 2.95. The third-order valence-electron chi connectivity index (χ3n) is 2.95. The van der Waals surface area contributed by atoms with Crippen molar-refractivity contribution in [1.29, 1.82) is 5.26 Å². The van der Waals surface area contributed by atoms with Crippen molar-refractivity contribution in [3.63, 3.8) is 0 Å². The van der Waals surface area contributed by atoms with Crippen LogP contribution in [0.25, 0.3) is 16.9 Å². The summed E-state index contributed by atoms with van der Waals surface area (Å²) in [5.74, 6) is 0.727. The van der Waals surface area contributed by atoms with E-state index in [2.05, 4.69) is 11.1 Å². The zero-order chi connectivity index (χ0) is 13.2. The summed E-state index contributed by atoms with van der Waals surface area (Å²) in [6.45, 7) is 0. The summed E-state index contributed by atoms with van der Waals surface area (Å²) < 4.78 is 7.20. The molecule has 0 aliphatic heterocycles. The highest BCUT2D eigenvalue weighted by Crippen LogP contribution is 2.24. The van der Waals surface area contributed by atoms with Gasteiger partial charge in [0.1, 0.15) is 0 Å². The van der Waals surface area contributed by atoms with Gasteiger partial charge in [-0.1, -0.05) is 12.1 Å². The van der Waals surface area contributed by atoms with Crippen LogP contribution in [0.3, 0.4) is 0 Å². The minimum atomic E-state index is 0.626. The lowest BCUT2D eigenvalue weighted by molar-refractivity contribution is 0.417. The average Bonchev–Trinajstić information content (AvgIpc) is 2.91. The summed E-state index contributed by atoms with van der Waals surface area (Å²) in [6.07, 6.45) is 3.84. The van der Waals surface area contributed by atoms with Gasteiger partial charge in [-0.05, 0) is 24.3 Å². The molecule has 4 nitrogen and oxygen atoms in total. The van der Waals surface area contributed by atoms with E-state index in [4.69, 9.17) is 10.00 Å². The molecule has 3 aromatic rings. The number of nitriles is 1. The molecule has 0 amide bonds. The number of methoxy groups -OCH3 is 1. The van der Waals surface area contributed by atoms with E-state index in [9.17, 15) is 0 Å². The van der Waals surface area contributed by atoms with Crippen LogP contribution in [0, 0.1) is 11.3 Å². The lowest BCUT2D eigenvalue weighted by atomic mass is 10.1. The first-order valence-electron chi connectivity index (χ1n) is 5.84. The Labute approximate surface area is 110 Å². The molecule has 0 aliphatic carbocycles. The number of rotatable bonds is 2. The number of nitrogens with zero attached hydrogens (tertiary/aromatic N) is 3. The molecule has 1 aromatic carbocycles. The van der Waals surface area contributed by atoms with Gasteiger partial charge in [-0.2, -0.15) is 5.26 Å². The van der Waals surface area contributed by atoms with Crippen molar-refractivity contribution in [2.45, 2.75) is 0 Å². The monoisotopic (exact) mass is 249 g/mol. The van der Waals surface area contributed by atoms with Crippen LogP contribution in [0.2, 0.25) is 0 Å². The first-order chi connectivity index (χ1) is 9.31. The van der Waals surface area contributed by atoms with Crippen molar-refractivity contribution in [2.75, 3.05) is 7.11 Å². The van der Waals surface area contributed by atoms with Crippen molar-refractivity contribution < 1.29 is 4.74 Å². The normalized spacial score (nSPS) is 10.3. The van der Waals surface area contributed by atoms with E-state index in [0.717, 1.165) is 22.7 Å². The van der Waals surface area contributed by atoms with Crippen LogP contribution in [0.1, 0.15) is 5.56 Å². The predicted molar refractivity (Wildman–Crippen MR) is 71.9 cm³/mol. The summed E-state index contributed by atoms with van der Waals surface area (Å²) in [5, 5.41) is 8.94. The Kier molecular flexibility index (Phi) is 2.66. The fraction of sp³-hybridized carbons (Fsp3) is 0.0667. The number of fused-ring (bicyclic) bond motifs is 1. The standard InChI is InChI=1S/C15H11N3O/c1-19-14-6-3-7-18-10-13(17-15(14)18)12-5-2-4-11(8-12)9-16/h2-8,10H,1H3. The molecular weight excluding hydrogens is 238 g/mol. The van der Waals surface area contributed by atoms with Gasteiger partial charge in [-0.3, -0.25) is 0 Å². The highest BCUT2D eigenvalue weighted by molar-refractivity contribution is 5.67. The predicted octanol–water partition coefficient (Wildman–Crippen LogP) is 2.88. The second-order valence-electron chi connectivity index (χ2n) is 4.13. The van der Waals surface area contributed by atoms with Crippen molar-refractivity contribution in [3.05, 3.63) is 54.4 Å². The Morgan fingerprint density at radius 3 is 2.95 bits per heavy atom. The number of pyridine rings is 1. The molecule has 19 heavy (non-hydrogen) atoms. The largest absolute Gasteiger partial charge is 0.493 e. The molecule has 92 valence electrons. The van der Waals surface area contributed by atoms with Gasteiger partial charge >= 0.3 is 0 Å². The van der Waals surface area contributed by atoms with E-state index in [-0.39, 0.29) is 0 Å². The molecule has 0 bridgehead atoms. The summed E-state index contributed by atoms with van der Waals surface area (Å²) in [5.41, 5.74) is 3.13. The molecule has 2 heterocycles. The first kappa shape index (κ1) is 11.3. The Morgan fingerprint density at radius 2 is 2.16 bits per heavy atom. The van der Waals surface area contributed by atoms with E-state index in [1.807, 2.05) is 47.1 Å². The molecule has 0 saturated carbocycles. The van der Waals surface area contributed by atoms with E-state index in [0.29, 0.717) is 5.56 Å². The van der Waals surface area contributed by atoms with Crippen LogP contribution in [-0.2, 0) is 0 Å². The van der Waals surface area contributed by atoms with Crippen molar-refractivity contribution in [3.8, 4) is 23.1 Å². The van der Waals surface area contributed by atoms with Crippen LogP contribution in [0.5, 0.6) is 5.75 Å². The Bertz CT molecular complexity index is 783. The van der Waals surface area contributed by atoms with E-state index in [1.54, 1.807) is 13.2 Å². The average molecular weight is 249 g/mol. The highest BCUT2D eigenvalue weighted by Gasteiger charge is 2.08. The van der Waals surface area contributed by atoms with Crippen LogP contribution in [-0.4, -0.2) is 16.5 Å². The van der Waals surface area contributed by atoms with Crippen molar-refractivity contribution in [1.82, 2.24) is 9.38 Å². The fourth-order valence-electron chi connectivity index (χ4n) is 2.03. The molecule has 0 N–H and O–H groups in total. The first-order valence-corrected chi connectivity index (χ1v) is 5.84. The number of hydrogen-bond acceptors (Lipinski definition) is 3. The Balaban J connectivity index is 2.18. The molecule has 3 rings (SSSR count). The number of benzene rings is 1. The van der Waals surface area contributed by atoms with Crippen LogP contribution < -0.4 is 4.74 Å². The van der Waals surface area contributed by atoms with E-state index >= 15 is 0 Å². The third kappa shape index (κ3) is 1.91. The molecule has 0 atom stereocenters. The van der Waals surface area contributed by atoms with Gasteiger partial charge in [0.25, 0.3) is 0 Å². The maximum Gasteiger partial charge on any atom is 0.180 e. The minimum absolute atomic E-state index is 0.626. The lowest BCUT2D eigenvalue weighted by Crippen LogP contribution is -1.88. The van der Waals surface area contributed by atoms with Gasteiger partial charge in [-0.15, -0.1) is 0 Å². The van der Waals surface area contributed by atoms with Gasteiger partial charge in [0.05, 0.1) is 24.4 Å². The maximum atomic E-state index is 8.94. The summed E-state index contributed by atoms with van der Waals surface area (Å²) >= 11 is 0. The van der Waals surface area contributed by atoms with Gasteiger partial charge in [0.2, 0.25) is 0 Å². The zero-order valence-electron chi connectivity index (χ0n) is 10.4. The van der Waals surface area contributed by atoms with Crippen LogP contribution >= 0.6 is 0 Å². The summed E-state index contributed by atoms with van der Waals surface area (Å²) in [7, 11) is 1.62. The van der Waals surface area contributed by atoms with Gasteiger partial charge in [0, 0.05) is 18.0 Å². The second-order valence-corrected chi connectivity index (χ2v) is 4.13. The maximum absolute atomic E-state index is 8.94. The molecule has 0 fully saturated rings. The van der Waals surface area contributed by atoms with Crippen molar-refractivity contribution in [2.24, 2.45) is 0 Å². The Hall–Kier alpha value is -2.80. The number of hydrogen-bond donors (Lipinski definition) is 0. The van der Waals surface area contributed by atoms with E-state index in [1.165, 1.54) is 0 Å². The molecule has 0 aliphatic rings. The van der Waals surface area contributed by atoms with Gasteiger partial charge < -0.3 is 9.14 Å². The zero-order valence-corrected chi connectivity index (χ0v) is 10.4. The van der Waals surface area contributed by atoms with Crippen LogP contribution in [0.4, 0.5) is 0 Å². The molecule has 0 spiro atoms. The SMILES string of the molecule is COc1cccn2cc(-c3cccc(C#N)c3)nc12. The quantitative estimate of drug-likeness (QED) is 0.701. The Morgan fingerprint density at radius 1 is 1.26 bits per heavy atom. The molecular formula is C15H11N3O. The summed E-state index contributed by atoms with van der Waals surface area (Å²) in [6, 6.07) is 13.3. The second kappa shape index (κ2) is 4.46. The molecule has 2 aromatic heterocycles. The number of ether oxygens (including phenoxy) is 1. The van der Waals surface area contributed by atoms with E-state index < -0.39 is 0 Å². The molecule has 0 unspecified atom stereocenters. The molecule has 0 saturated heterocycles.